The van der Waals surface area contributed by atoms with Gasteiger partial charge in [0.2, 0.25) is 0 Å². The summed E-state index contributed by atoms with van der Waals surface area (Å²) < 4.78 is 0. The van der Waals surface area contributed by atoms with Gasteiger partial charge in [0.15, 0.2) is 0 Å². The van der Waals surface area contributed by atoms with Crippen LogP contribution in [0.5, 0.6) is 0 Å². The van der Waals surface area contributed by atoms with Gasteiger partial charge in [-0.15, -0.1) is 6.58 Å². The number of hydrogen-bond donors (Lipinski definition) is 2. The quantitative estimate of drug-likeness (QED) is 0.282. The first kappa shape index (κ1) is 10.2. The maximum absolute atomic E-state index is 5.63. The number of hydrazine groups is 1. The van der Waals surface area contributed by atoms with Crippen molar-refractivity contribution >= 4 is 17.8 Å². The molecule has 0 atom stereocenters. The molecule has 0 aliphatic carbocycles. The molecule has 0 heterocycles. The Morgan fingerprint density at radius 3 is 3.00 bits per heavy atom. The summed E-state index contributed by atoms with van der Waals surface area (Å²) in [6.07, 6.45) is 4.99. The van der Waals surface area contributed by atoms with Crippen molar-refractivity contribution in [1.29, 1.82) is 0 Å². The van der Waals surface area contributed by atoms with Gasteiger partial charge in [0.25, 0.3) is 0 Å². The fourth-order valence-electron chi connectivity index (χ4n) is 0.415. The molecule has 0 aliphatic heterocycles. The van der Waals surface area contributed by atoms with Crippen LogP contribution in [0.2, 0.25) is 0 Å². The molecule has 0 aromatic rings. The number of allylic oxidation sites excluding steroid dienone is 1. The lowest BCUT2D eigenvalue weighted by Crippen LogP contribution is -2.24. The zero-order valence-corrected chi connectivity index (χ0v) is 7.23. The van der Waals surface area contributed by atoms with Crippen LogP contribution in [0.3, 0.4) is 0 Å². The van der Waals surface area contributed by atoms with Crippen LogP contribution >= 0.6 is 11.6 Å². The van der Waals surface area contributed by atoms with Crippen molar-refractivity contribution in [1.82, 2.24) is 10.9 Å². The van der Waals surface area contributed by atoms with Crippen LogP contribution < -0.4 is 10.9 Å². The Bertz CT molecular complexity index is 163. The minimum Gasteiger partial charge on any atom is -0.312 e. The predicted octanol–water partition coefficient (Wildman–Crippen LogP) is 1.05. The molecule has 4 heteroatoms. The van der Waals surface area contributed by atoms with Gasteiger partial charge in [0, 0.05) is 13.3 Å². The Morgan fingerprint density at radius 2 is 2.45 bits per heavy atom. The van der Waals surface area contributed by atoms with Crippen molar-refractivity contribution in [2.75, 3.05) is 13.6 Å². The van der Waals surface area contributed by atoms with Crippen LogP contribution in [-0.2, 0) is 0 Å². The van der Waals surface area contributed by atoms with E-state index >= 15 is 0 Å². The summed E-state index contributed by atoms with van der Waals surface area (Å²) >= 11 is 5.63. The molecule has 0 aromatic heterocycles. The van der Waals surface area contributed by atoms with E-state index in [2.05, 4.69) is 22.4 Å². The molecule has 0 aliphatic rings. The first-order chi connectivity index (χ1) is 5.31. The fourth-order valence-corrected chi connectivity index (χ4v) is 0.565. The van der Waals surface area contributed by atoms with Crippen molar-refractivity contribution in [2.45, 2.75) is 0 Å². The van der Waals surface area contributed by atoms with E-state index in [-0.39, 0.29) is 0 Å². The zero-order chi connectivity index (χ0) is 8.53. The lowest BCUT2D eigenvalue weighted by Gasteiger charge is -1.97. The van der Waals surface area contributed by atoms with Crippen molar-refractivity contribution in [3.05, 3.63) is 23.9 Å². The van der Waals surface area contributed by atoms with E-state index in [1.54, 1.807) is 25.4 Å². The highest BCUT2D eigenvalue weighted by Crippen LogP contribution is 1.90. The van der Waals surface area contributed by atoms with E-state index in [9.17, 15) is 0 Å². The first-order valence-electron chi connectivity index (χ1n) is 3.20. The monoisotopic (exact) mass is 173 g/mol. The number of halogens is 1. The third-order valence-electron chi connectivity index (χ3n) is 0.805. The number of hydrogen-bond acceptors (Lipinski definition) is 3. The summed E-state index contributed by atoms with van der Waals surface area (Å²) in [5, 5.41) is 0.500. The third-order valence-corrected chi connectivity index (χ3v) is 1.03. The molecular weight excluding hydrogens is 162 g/mol. The molecule has 0 amide bonds. The Balaban J connectivity index is 3.61. The first-order valence-corrected chi connectivity index (χ1v) is 3.58. The van der Waals surface area contributed by atoms with Crippen molar-refractivity contribution in [2.24, 2.45) is 4.99 Å². The van der Waals surface area contributed by atoms with Gasteiger partial charge in [0.05, 0.1) is 6.54 Å². The number of rotatable bonds is 5. The second-order valence-electron chi connectivity index (χ2n) is 1.69. The fraction of sp³-hybridized carbons (Fsp3) is 0.286. The van der Waals surface area contributed by atoms with Gasteiger partial charge in [-0.05, 0) is 6.08 Å². The van der Waals surface area contributed by atoms with Crippen LogP contribution in [0, 0.1) is 0 Å². The SMILES string of the molecule is C=CCN=CC=C(Cl)NNC. The lowest BCUT2D eigenvalue weighted by atomic mass is 10.6. The Kier molecular flexibility index (Phi) is 6.78. The molecule has 0 saturated carbocycles. The molecule has 62 valence electrons. The average Bonchev–Trinajstić information content (AvgIpc) is 1.99. The molecule has 0 fully saturated rings. The van der Waals surface area contributed by atoms with E-state index in [4.69, 9.17) is 11.6 Å². The van der Waals surface area contributed by atoms with Crippen molar-refractivity contribution < 1.29 is 0 Å². The summed E-state index contributed by atoms with van der Waals surface area (Å²) in [6.45, 7) is 4.13. The molecule has 2 N–H and O–H groups in total. The maximum Gasteiger partial charge on any atom is 0.117 e. The van der Waals surface area contributed by atoms with Gasteiger partial charge in [0.1, 0.15) is 5.16 Å². The number of aliphatic imine (C=N–C) groups is 1. The molecule has 0 aromatic carbocycles. The normalized spacial score (nSPS) is 12.0. The summed E-state index contributed by atoms with van der Waals surface area (Å²) in [5.41, 5.74) is 5.36. The molecular formula is C7H12ClN3. The highest BCUT2D eigenvalue weighted by atomic mass is 35.5. The molecule has 0 bridgehead atoms. The topological polar surface area (TPSA) is 36.4 Å². The predicted molar refractivity (Wildman–Crippen MR) is 49.7 cm³/mol. The zero-order valence-electron chi connectivity index (χ0n) is 6.47. The highest BCUT2D eigenvalue weighted by molar-refractivity contribution is 6.30. The van der Waals surface area contributed by atoms with E-state index in [1.807, 2.05) is 0 Å². The van der Waals surface area contributed by atoms with Gasteiger partial charge in [-0.1, -0.05) is 17.7 Å². The van der Waals surface area contributed by atoms with Crippen LogP contribution in [0.25, 0.3) is 0 Å². The maximum atomic E-state index is 5.63. The molecule has 0 radical (unpaired) electrons. The molecule has 0 unspecified atom stereocenters. The van der Waals surface area contributed by atoms with Crippen LogP contribution in [0.15, 0.2) is 28.9 Å². The smallest absolute Gasteiger partial charge is 0.117 e. The van der Waals surface area contributed by atoms with Gasteiger partial charge >= 0.3 is 0 Å². The van der Waals surface area contributed by atoms with E-state index in [0.29, 0.717) is 11.7 Å². The number of nitrogens with zero attached hydrogens (tertiary/aromatic N) is 1. The molecule has 11 heavy (non-hydrogen) atoms. The standard InChI is InChI=1S/C7H12ClN3/c1-3-5-10-6-4-7(8)11-9-2/h3-4,6,9,11H,1,5H2,2H3. The van der Waals surface area contributed by atoms with Gasteiger partial charge < -0.3 is 5.43 Å². The van der Waals surface area contributed by atoms with Crippen LogP contribution in [0.4, 0.5) is 0 Å². The van der Waals surface area contributed by atoms with E-state index in [1.165, 1.54) is 0 Å². The molecule has 0 saturated heterocycles. The second-order valence-corrected chi connectivity index (χ2v) is 2.10. The molecule has 0 spiro atoms. The Labute approximate surface area is 71.8 Å². The Morgan fingerprint density at radius 1 is 1.73 bits per heavy atom. The highest BCUT2D eigenvalue weighted by Gasteiger charge is 1.81. The van der Waals surface area contributed by atoms with Crippen LogP contribution in [0.1, 0.15) is 0 Å². The third kappa shape index (κ3) is 7.09. The summed E-state index contributed by atoms with van der Waals surface area (Å²) in [7, 11) is 1.73. The van der Waals surface area contributed by atoms with Gasteiger partial charge in [-0.3, -0.25) is 4.99 Å². The second kappa shape index (κ2) is 7.31. The van der Waals surface area contributed by atoms with E-state index < -0.39 is 0 Å². The van der Waals surface area contributed by atoms with Crippen molar-refractivity contribution in [3.8, 4) is 0 Å². The molecule has 0 rings (SSSR count). The lowest BCUT2D eigenvalue weighted by molar-refractivity contribution is 0.719. The minimum atomic E-state index is 0.500. The average molecular weight is 174 g/mol. The summed E-state index contributed by atoms with van der Waals surface area (Å²) in [6, 6.07) is 0. The van der Waals surface area contributed by atoms with E-state index in [0.717, 1.165) is 0 Å². The summed E-state index contributed by atoms with van der Waals surface area (Å²) in [4.78, 5) is 3.94. The molecule has 3 nitrogen and oxygen atoms in total. The summed E-state index contributed by atoms with van der Waals surface area (Å²) in [5.74, 6) is 0. The minimum absolute atomic E-state index is 0.500. The van der Waals surface area contributed by atoms with Gasteiger partial charge in [-0.2, -0.15) is 0 Å². The Hall–Kier alpha value is -0.800. The van der Waals surface area contributed by atoms with Crippen molar-refractivity contribution in [3.63, 3.8) is 0 Å². The van der Waals surface area contributed by atoms with Gasteiger partial charge in [-0.25, -0.2) is 5.43 Å². The number of nitrogens with one attached hydrogen (secondary N) is 2. The largest absolute Gasteiger partial charge is 0.312 e. The van der Waals surface area contributed by atoms with Crippen LogP contribution in [-0.4, -0.2) is 19.8 Å².